The van der Waals surface area contributed by atoms with Crippen LogP contribution in [0.25, 0.3) is 5.69 Å². The summed E-state index contributed by atoms with van der Waals surface area (Å²) >= 11 is 0. The Bertz CT molecular complexity index is 664. The van der Waals surface area contributed by atoms with E-state index in [0.29, 0.717) is 17.9 Å². The van der Waals surface area contributed by atoms with Crippen LogP contribution in [0.5, 0.6) is 0 Å². The molecule has 6 nitrogen and oxygen atoms in total. The molecule has 0 radical (unpaired) electrons. The van der Waals surface area contributed by atoms with Gasteiger partial charge in [-0.1, -0.05) is 0 Å². The Hall–Kier alpha value is -2.25. The number of nitrogens with zero attached hydrogens (tertiary/aromatic N) is 3. The monoisotopic (exact) mass is 331 g/mol. The highest BCUT2D eigenvalue weighted by Crippen LogP contribution is 2.09. The van der Waals surface area contributed by atoms with Gasteiger partial charge in [0.25, 0.3) is 5.91 Å². The van der Waals surface area contributed by atoms with Gasteiger partial charge in [0.2, 0.25) is 0 Å². The number of carbonyl (C=O) groups is 1. The van der Waals surface area contributed by atoms with Crippen LogP contribution < -0.4 is 10.6 Å². The maximum atomic E-state index is 12.9. The van der Waals surface area contributed by atoms with Crippen molar-refractivity contribution in [1.29, 1.82) is 0 Å². The summed E-state index contributed by atoms with van der Waals surface area (Å²) in [6.45, 7) is 5.82. The van der Waals surface area contributed by atoms with Crippen molar-refractivity contribution in [1.82, 2.24) is 25.3 Å². The molecule has 1 aromatic carbocycles. The van der Waals surface area contributed by atoms with E-state index in [2.05, 4.69) is 20.6 Å². The van der Waals surface area contributed by atoms with Gasteiger partial charge >= 0.3 is 0 Å². The molecule has 2 heterocycles. The highest BCUT2D eigenvalue weighted by Gasteiger charge is 2.11. The van der Waals surface area contributed by atoms with Crippen molar-refractivity contribution in [3.63, 3.8) is 0 Å². The molecule has 128 valence electrons. The number of nitrogens with one attached hydrogen (secondary N) is 2. The molecule has 1 fully saturated rings. The van der Waals surface area contributed by atoms with E-state index < -0.39 is 0 Å². The first-order chi connectivity index (χ1) is 11.7. The second kappa shape index (κ2) is 8.03. The molecule has 0 spiro atoms. The summed E-state index contributed by atoms with van der Waals surface area (Å²) in [7, 11) is 0. The number of halogens is 1. The van der Waals surface area contributed by atoms with Crippen LogP contribution in [-0.4, -0.2) is 59.9 Å². The van der Waals surface area contributed by atoms with Crippen molar-refractivity contribution in [3.8, 4) is 5.69 Å². The molecule has 2 aromatic rings. The Morgan fingerprint density at radius 3 is 2.71 bits per heavy atom. The molecule has 0 bridgehead atoms. The molecule has 2 N–H and O–H groups in total. The molecule has 1 amide bonds. The maximum Gasteiger partial charge on any atom is 0.271 e. The SMILES string of the molecule is O=C(NCCCN1CCNCC1)c1ccn(-c2ccc(F)cc2)n1. The predicted molar refractivity (Wildman–Crippen MR) is 89.8 cm³/mol. The number of carbonyl (C=O) groups excluding carboxylic acids is 1. The van der Waals surface area contributed by atoms with Crippen LogP contribution in [0.1, 0.15) is 16.9 Å². The summed E-state index contributed by atoms with van der Waals surface area (Å²) in [5.41, 5.74) is 1.08. The van der Waals surface area contributed by atoms with Crippen molar-refractivity contribution in [3.05, 3.63) is 48.0 Å². The van der Waals surface area contributed by atoms with E-state index in [1.54, 1.807) is 29.1 Å². The fraction of sp³-hybridized carbons (Fsp3) is 0.412. The van der Waals surface area contributed by atoms with Gasteiger partial charge in [0.05, 0.1) is 5.69 Å². The third kappa shape index (κ3) is 4.39. The Morgan fingerprint density at radius 2 is 1.96 bits per heavy atom. The molecule has 0 unspecified atom stereocenters. The second-order valence-electron chi connectivity index (χ2n) is 5.82. The van der Waals surface area contributed by atoms with Crippen LogP contribution in [0.15, 0.2) is 36.5 Å². The van der Waals surface area contributed by atoms with Gasteiger partial charge < -0.3 is 15.5 Å². The first-order valence-corrected chi connectivity index (χ1v) is 8.25. The van der Waals surface area contributed by atoms with Crippen LogP contribution in [0.2, 0.25) is 0 Å². The molecular weight excluding hydrogens is 309 g/mol. The van der Waals surface area contributed by atoms with Crippen molar-refractivity contribution in [2.45, 2.75) is 6.42 Å². The third-order valence-electron chi connectivity index (χ3n) is 4.06. The largest absolute Gasteiger partial charge is 0.351 e. The molecule has 0 atom stereocenters. The van der Waals surface area contributed by atoms with Gasteiger partial charge in [0.1, 0.15) is 5.82 Å². The summed E-state index contributed by atoms with van der Waals surface area (Å²) in [5.74, 6) is -0.482. The average Bonchev–Trinajstić information content (AvgIpc) is 3.10. The van der Waals surface area contributed by atoms with Gasteiger partial charge in [-0.2, -0.15) is 5.10 Å². The summed E-state index contributed by atoms with van der Waals surface area (Å²) in [6, 6.07) is 7.64. The first kappa shape index (κ1) is 16.6. The van der Waals surface area contributed by atoms with Crippen molar-refractivity contribution >= 4 is 5.91 Å². The summed E-state index contributed by atoms with van der Waals surface area (Å²) < 4.78 is 14.5. The second-order valence-corrected chi connectivity index (χ2v) is 5.82. The zero-order valence-corrected chi connectivity index (χ0v) is 13.5. The molecule has 0 saturated carbocycles. The zero-order chi connectivity index (χ0) is 16.8. The van der Waals surface area contributed by atoms with E-state index in [-0.39, 0.29) is 11.7 Å². The summed E-state index contributed by atoms with van der Waals surface area (Å²) in [6.07, 6.45) is 2.62. The average molecular weight is 331 g/mol. The van der Waals surface area contributed by atoms with Gasteiger partial charge in [-0.15, -0.1) is 0 Å². The number of amides is 1. The van der Waals surface area contributed by atoms with E-state index in [9.17, 15) is 9.18 Å². The first-order valence-electron chi connectivity index (χ1n) is 8.25. The van der Waals surface area contributed by atoms with E-state index in [0.717, 1.165) is 39.1 Å². The molecule has 1 aromatic heterocycles. The molecule has 1 saturated heterocycles. The minimum Gasteiger partial charge on any atom is -0.351 e. The Morgan fingerprint density at radius 1 is 1.21 bits per heavy atom. The molecule has 7 heteroatoms. The van der Waals surface area contributed by atoms with Crippen LogP contribution in [0.4, 0.5) is 4.39 Å². The number of benzene rings is 1. The quantitative estimate of drug-likeness (QED) is 0.777. The summed E-state index contributed by atoms with van der Waals surface area (Å²) in [5, 5.41) is 10.5. The minimum atomic E-state index is -0.298. The van der Waals surface area contributed by atoms with Crippen molar-refractivity contribution in [2.24, 2.45) is 0 Å². The third-order valence-corrected chi connectivity index (χ3v) is 4.06. The predicted octanol–water partition coefficient (Wildman–Crippen LogP) is 1.04. The highest BCUT2D eigenvalue weighted by molar-refractivity contribution is 5.92. The normalized spacial score (nSPS) is 15.4. The lowest BCUT2D eigenvalue weighted by atomic mass is 10.3. The molecule has 3 rings (SSSR count). The van der Waals surface area contributed by atoms with Crippen LogP contribution in [-0.2, 0) is 0 Å². The fourth-order valence-corrected chi connectivity index (χ4v) is 2.71. The standard InChI is InChI=1S/C17H22FN5O/c18-14-2-4-15(5-3-14)23-11-6-16(21-23)17(24)20-7-1-10-22-12-8-19-9-13-22/h2-6,11,19H,1,7-10,12-13H2,(H,20,24). The Labute approximate surface area is 140 Å². The maximum absolute atomic E-state index is 12.9. The molecule has 0 aliphatic carbocycles. The topological polar surface area (TPSA) is 62.2 Å². The van der Waals surface area contributed by atoms with Crippen LogP contribution in [0.3, 0.4) is 0 Å². The number of hydrogen-bond acceptors (Lipinski definition) is 4. The minimum absolute atomic E-state index is 0.184. The smallest absolute Gasteiger partial charge is 0.271 e. The fourth-order valence-electron chi connectivity index (χ4n) is 2.71. The highest BCUT2D eigenvalue weighted by atomic mass is 19.1. The number of hydrogen-bond donors (Lipinski definition) is 2. The lowest BCUT2D eigenvalue weighted by Gasteiger charge is -2.26. The number of piperazine rings is 1. The van der Waals surface area contributed by atoms with E-state index >= 15 is 0 Å². The number of rotatable bonds is 6. The van der Waals surface area contributed by atoms with Gasteiger partial charge in [-0.05, 0) is 43.3 Å². The lowest BCUT2D eigenvalue weighted by molar-refractivity contribution is 0.0946. The van der Waals surface area contributed by atoms with E-state index in [4.69, 9.17) is 0 Å². The lowest BCUT2D eigenvalue weighted by Crippen LogP contribution is -2.44. The Kier molecular flexibility index (Phi) is 5.55. The molecule has 1 aliphatic rings. The van der Waals surface area contributed by atoms with Gasteiger partial charge in [-0.25, -0.2) is 9.07 Å². The van der Waals surface area contributed by atoms with Crippen molar-refractivity contribution < 1.29 is 9.18 Å². The van der Waals surface area contributed by atoms with E-state index in [1.807, 2.05) is 0 Å². The van der Waals surface area contributed by atoms with Gasteiger partial charge in [-0.3, -0.25) is 4.79 Å². The van der Waals surface area contributed by atoms with E-state index in [1.165, 1.54) is 12.1 Å². The van der Waals surface area contributed by atoms with Gasteiger partial charge in [0, 0.05) is 38.9 Å². The van der Waals surface area contributed by atoms with Crippen molar-refractivity contribution in [2.75, 3.05) is 39.3 Å². The van der Waals surface area contributed by atoms with Crippen LogP contribution >= 0.6 is 0 Å². The zero-order valence-electron chi connectivity index (χ0n) is 13.5. The Balaban J connectivity index is 1.46. The molecule has 24 heavy (non-hydrogen) atoms. The van der Waals surface area contributed by atoms with Crippen LogP contribution in [0, 0.1) is 5.82 Å². The summed E-state index contributed by atoms with van der Waals surface area (Å²) in [4.78, 5) is 14.5. The molecular formula is C17H22FN5O. The van der Waals surface area contributed by atoms with Gasteiger partial charge in [0.15, 0.2) is 5.69 Å². The number of aromatic nitrogens is 2. The molecule has 1 aliphatic heterocycles.